The van der Waals surface area contributed by atoms with Crippen LogP contribution in [0.25, 0.3) is 10.9 Å². The number of para-hydroxylation sites is 1. The molecule has 40 heavy (non-hydrogen) atoms. The van der Waals surface area contributed by atoms with Crippen LogP contribution in [-0.4, -0.2) is 81.5 Å². The minimum absolute atomic E-state index is 0.0290. The summed E-state index contributed by atoms with van der Waals surface area (Å²) in [6.45, 7) is 0.429. The standard InChI is InChI=1S/C25H35N7O8/c26-8-4-3-6-15(27)22(36)30-17(9-13-12-29-16-7-2-1-5-14(13)16)23(37)31-18(10-20(28)33)24(38)32-19(25(39)40)11-21(34)35/h1-2,5,7,12,15,17-19,29H,3-4,6,8-11,26-27H2,(H2,28,33)(H,30,36)(H,31,37)(H,32,38)(H,34,35)(H,39,40). The molecule has 1 heterocycles. The van der Waals surface area contributed by atoms with Gasteiger partial charge in [0.05, 0.1) is 18.9 Å². The number of primary amides is 1. The van der Waals surface area contributed by atoms with Crippen molar-refractivity contribution in [3.63, 3.8) is 0 Å². The average molecular weight is 562 g/mol. The van der Waals surface area contributed by atoms with Crippen LogP contribution in [0.5, 0.6) is 0 Å². The van der Waals surface area contributed by atoms with Crippen LogP contribution in [0.4, 0.5) is 0 Å². The van der Waals surface area contributed by atoms with E-state index in [1.54, 1.807) is 12.3 Å². The summed E-state index contributed by atoms with van der Waals surface area (Å²) in [7, 11) is 0. The Morgan fingerprint density at radius 1 is 0.850 bits per heavy atom. The van der Waals surface area contributed by atoms with Crippen LogP contribution in [0.3, 0.4) is 0 Å². The number of aromatic amines is 1. The van der Waals surface area contributed by atoms with E-state index in [1.807, 2.05) is 23.5 Å². The SMILES string of the molecule is NCCCCC(N)C(=O)NC(Cc1c[nH]c2ccccc12)C(=O)NC(CC(N)=O)C(=O)NC(CC(=O)O)C(=O)O. The number of hydrogen-bond donors (Lipinski definition) is 9. The largest absolute Gasteiger partial charge is 0.481 e. The first kappa shape index (κ1) is 31.7. The van der Waals surface area contributed by atoms with Gasteiger partial charge in [-0.1, -0.05) is 24.6 Å². The maximum absolute atomic E-state index is 13.4. The molecule has 0 aliphatic carbocycles. The van der Waals surface area contributed by atoms with E-state index in [2.05, 4.69) is 15.6 Å². The van der Waals surface area contributed by atoms with E-state index in [9.17, 15) is 33.9 Å². The lowest BCUT2D eigenvalue weighted by Gasteiger charge is -2.24. The zero-order valence-corrected chi connectivity index (χ0v) is 21.7. The van der Waals surface area contributed by atoms with E-state index in [-0.39, 0.29) is 6.42 Å². The number of H-pyrrole nitrogens is 1. The Labute approximate surface area is 229 Å². The zero-order chi connectivity index (χ0) is 29.8. The number of aromatic nitrogens is 1. The first-order valence-electron chi connectivity index (χ1n) is 12.6. The number of unbranched alkanes of at least 4 members (excludes halogenated alkanes) is 1. The number of carboxylic acids is 2. The van der Waals surface area contributed by atoms with Crippen LogP contribution in [0.1, 0.15) is 37.7 Å². The summed E-state index contributed by atoms with van der Waals surface area (Å²) in [4.78, 5) is 76.1. The van der Waals surface area contributed by atoms with Gasteiger partial charge < -0.3 is 48.3 Å². The Morgan fingerprint density at radius 3 is 2.10 bits per heavy atom. The molecule has 4 amide bonds. The third-order valence-corrected chi connectivity index (χ3v) is 6.07. The molecule has 12 N–H and O–H groups in total. The van der Waals surface area contributed by atoms with Gasteiger partial charge in [0.1, 0.15) is 18.1 Å². The molecule has 2 rings (SSSR count). The van der Waals surface area contributed by atoms with Gasteiger partial charge in [0.15, 0.2) is 0 Å². The van der Waals surface area contributed by atoms with Crippen molar-refractivity contribution >= 4 is 46.5 Å². The molecule has 4 atom stereocenters. The molecule has 1 aromatic carbocycles. The van der Waals surface area contributed by atoms with Crippen molar-refractivity contribution in [3.8, 4) is 0 Å². The van der Waals surface area contributed by atoms with E-state index in [4.69, 9.17) is 22.3 Å². The molecule has 0 saturated carbocycles. The number of aliphatic carboxylic acids is 2. The number of carbonyl (C=O) groups excluding carboxylic acids is 4. The Kier molecular flexibility index (Phi) is 12.0. The van der Waals surface area contributed by atoms with Crippen molar-refractivity contribution in [3.05, 3.63) is 36.0 Å². The van der Waals surface area contributed by atoms with E-state index in [1.165, 1.54) is 0 Å². The van der Waals surface area contributed by atoms with Crippen LogP contribution >= 0.6 is 0 Å². The summed E-state index contributed by atoms with van der Waals surface area (Å²) >= 11 is 0. The molecule has 0 aliphatic heterocycles. The number of benzene rings is 1. The third-order valence-electron chi connectivity index (χ3n) is 6.07. The first-order valence-corrected chi connectivity index (χ1v) is 12.6. The molecule has 2 aromatic rings. The monoisotopic (exact) mass is 561 g/mol. The van der Waals surface area contributed by atoms with E-state index < -0.39 is 72.6 Å². The molecule has 1 aromatic heterocycles. The molecule has 0 aliphatic rings. The second-order valence-corrected chi connectivity index (χ2v) is 9.24. The molecule has 15 heteroatoms. The fourth-order valence-electron chi connectivity index (χ4n) is 3.98. The maximum Gasteiger partial charge on any atom is 0.326 e. The topological polar surface area (TPSA) is 273 Å². The quantitative estimate of drug-likeness (QED) is 0.0963. The molecule has 0 saturated heterocycles. The number of nitrogens with one attached hydrogen (secondary N) is 4. The number of carbonyl (C=O) groups is 6. The fraction of sp³-hybridized carbons (Fsp3) is 0.440. The average Bonchev–Trinajstić information content (AvgIpc) is 3.29. The van der Waals surface area contributed by atoms with Gasteiger partial charge >= 0.3 is 11.9 Å². The minimum atomic E-state index is -1.83. The van der Waals surface area contributed by atoms with Crippen LogP contribution in [0, 0.1) is 0 Å². The van der Waals surface area contributed by atoms with Gasteiger partial charge in [0, 0.05) is 23.5 Å². The number of hydrogen-bond acceptors (Lipinski definition) is 8. The van der Waals surface area contributed by atoms with E-state index in [0.717, 1.165) is 10.9 Å². The molecule has 15 nitrogen and oxygen atoms in total. The van der Waals surface area contributed by atoms with E-state index in [0.29, 0.717) is 31.4 Å². The Balaban J connectivity index is 2.29. The van der Waals surface area contributed by atoms with Crippen molar-refractivity contribution in [1.82, 2.24) is 20.9 Å². The third kappa shape index (κ3) is 9.67. The van der Waals surface area contributed by atoms with Crippen molar-refractivity contribution in [2.75, 3.05) is 6.54 Å². The van der Waals surface area contributed by atoms with Gasteiger partial charge in [-0.2, -0.15) is 0 Å². The molecule has 0 fully saturated rings. The lowest BCUT2D eigenvalue weighted by Crippen LogP contribution is -2.58. The number of amides is 4. The highest BCUT2D eigenvalue weighted by Crippen LogP contribution is 2.19. The minimum Gasteiger partial charge on any atom is -0.481 e. The summed E-state index contributed by atoms with van der Waals surface area (Å²) < 4.78 is 0. The predicted molar refractivity (Wildman–Crippen MR) is 142 cm³/mol. The number of fused-ring (bicyclic) bond motifs is 1. The van der Waals surface area contributed by atoms with Crippen molar-refractivity contribution in [2.24, 2.45) is 17.2 Å². The molecule has 0 bridgehead atoms. The van der Waals surface area contributed by atoms with Crippen LogP contribution < -0.4 is 33.2 Å². The molecular weight excluding hydrogens is 526 g/mol. The highest BCUT2D eigenvalue weighted by Gasteiger charge is 2.32. The van der Waals surface area contributed by atoms with Crippen molar-refractivity contribution in [2.45, 2.75) is 62.7 Å². The van der Waals surface area contributed by atoms with Gasteiger partial charge in [0.2, 0.25) is 23.6 Å². The Hall–Kier alpha value is -4.50. The normalized spacial score (nSPS) is 13.9. The van der Waals surface area contributed by atoms with Crippen molar-refractivity contribution < 1.29 is 39.0 Å². The second-order valence-electron chi connectivity index (χ2n) is 9.24. The lowest BCUT2D eigenvalue weighted by atomic mass is 10.0. The first-order chi connectivity index (χ1) is 18.9. The molecule has 4 unspecified atom stereocenters. The van der Waals surface area contributed by atoms with Crippen molar-refractivity contribution in [1.29, 1.82) is 0 Å². The Morgan fingerprint density at radius 2 is 1.48 bits per heavy atom. The summed E-state index contributed by atoms with van der Waals surface area (Å²) in [5.74, 6) is -6.76. The summed E-state index contributed by atoms with van der Waals surface area (Å²) in [5, 5.41) is 25.9. The second kappa shape index (κ2) is 15.2. The maximum atomic E-state index is 13.4. The Bertz CT molecular complexity index is 1230. The van der Waals surface area contributed by atoms with E-state index >= 15 is 0 Å². The summed E-state index contributed by atoms with van der Waals surface area (Å²) in [6, 6.07) is 1.57. The molecule has 0 radical (unpaired) electrons. The molecule has 0 spiro atoms. The zero-order valence-electron chi connectivity index (χ0n) is 21.7. The molecule has 218 valence electrons. The van der Waals surface area contributed by atoms with Crippen LogP contribution in [0.15, 0.2) is 30.5 Å². The highest BCUT2D eigenvalue weighted by molar-refractivity contribution is 5.97. The van der Waals surface area contributed by atoms with Gasteiger partial charge in [0.25, 0.3) is 0 Å². The summed E-state index contributed by atoms with van der Waals surface area (Å²) in [6.07, 6.45) is 1.53. The van der Waals surface area contributed by atoms with Gasteiger partial charge in [-0.15, -0.1) is 0 Å². The van der Waals surface area contributed by atoms with Gasteiger partial charge in [-0.05, 0) is 31.0 Å². The summed E-state index contributed by atoms with van der Waals surface area (Å²) in [5.41, 5.74) is 18.1. The number of carboxylic acid groups (broad SMARTS) is 2. The molecular formula is C25H35N7O8. The smallest absolute Gasteiger partial charge is 0.326 e. The lowest BCUT2D eigenvalue weighted by molar-refractivity contribution is -0.147. The fourth-order valence-corrected chi connectivity index (χ4v) is 3.98. The van der Waals surface area contributed by atoms with Gasteiger partial charge in [-0.3, -0.25) is 24.0 Å². The number of rotatable bonds is 17. The predicted octanol–water partition coefficient (Wildman–Crippen LogP) is -1.94. The van der Waals surface area contributed by atoms with Gasteiger partial charge in [-0.25, -0.2) is 4.79 Å². The number of nitrogens with two attached hydrogens (primary N) is 3. The van der Waals surface area contributed by atoms with Crippen LogP contribution in [0.2, 0.25) is 0 Å². The van der Waals surface area contributed by atoms with Crippen LogP contribution in [-0.2, 0) is 35.2 Å². The highest BCUT2D eigenvalue weighted by atomic mass is 16.4.